The van der Waals surface area contributed by atoms with Crippen LogP contribution in [0.3, 0.4) is 0 Å². The van der Waals surface area contributed by atoms with E-state index in [1.165, 1.54) is 6.07 Å². The van der Waals surface area contributed by atoms with Gasteiger partial charge in [0, 0.05) is 6.54 Å². The molecule has 80 valence electrons. The van der Waals surface area contributed by atoms with Crippen LogP contribution in [0.25, 0.3) is 0 Å². The van der Waals surface area contributed by atoms with Gasteiger partial charge in [-0.15, -0.1) is 0 Å². The molecule has 0 spiro atoms. The largest absolute Gasteiger partial charge is 0.335 e. The van der Waals surface area contributed by atoms with E-state index >= 15 is 0 Å². The van der Waals surface area contributed by atoms with E-state index in [0.717, 1.165) is 4.31 Å². The Balaban J connectivity index is 2.66. The molecule has 1 aliphatic heterocycles. The Morgan fingerprint density at radius 1 is 1.33 bits per heavy atom. The molecule has 0 fully saturated rings. The Morgan fingerprint density at radius 2 is 2.00 bits per heavy atom. The number of urea groups is 1. The minimum atomic E-state index is -3.66. The molecule has 1 aromatic carbocycles. The van der Waals surface area contributed by atoms with Crippen molar-refractivity contribution < 1.29 is 13.2 Å². The first-order valence-electron chi connectivity index (χ1n) is 4.50. The first-order chi connectivity index (χ1) is 7.07. The second-order valence-corrected chi connectivity index (χ2v) is 4.93. The number of anilines is 1. The zero-order chi connectivity index (χ0) is 11.1. The monoisotopic (exact) mass is 226 g/mol. The summed E-state index contributed by atoms with van der Waals surface area (Å²) in [5.41, 5.74) is 0.340. The number of carbonyl (C=O) groups excluding carboxylic acids is 1. The fraction of sp³-hybridized carbons (Fsp3) is 0.222. The van der Waals surface area contributed by atoms with E-state index in [1.54, 1.807) is 25.1 Å². The van der Waals surface area contributed by atoms with Gasteiger partial charge in [-0.25, -0.2) is 17.5 Å². The zero-order valence-corrected chi connectivity index (χ0v) is 8.91. The molecule has 0 unspecified atom stereocenters. The second-order valence-electron chi connectivity index (χ2n) is 3.10. The zero-order valence-electron chi connectivity index (χ0n) is 8.10. The lowest BCUT2D eigenvalue weighted by Gasteiger charge is -2.27. The number of hydrogen-bond acceptors (Lipinski definition) is 3. The number of fused-ring (bicyclic) bond motifs is 1. The number of amides is 2. The number of hydrogen-bond donors (Lipinski definition) is 1. The van der Waals surface area contributed by atoms with Gasteiger partial charge in [0.25, 0.3) is 10.0 Å². The van der Waals surface area contributed by atoms with Gasteiger partial charge in [-0.05, 0) is 19.1 Å². The molecule has 0 saturated carbocycles. The summed E-state index contributed by atoms with van der Waals surface area (Å²) in [5, 5.41) is 2.52. The first kappa shape index (κ1) is 9.97. The van der Waals surface area contributed by atoms with Crippen LogP contribution in [0, 0.1) is 0 Å². The van der Waals surface area contributed by atoms with E-state index in [1.807, 2.05) is 0 Å². The molecule has 0 aliphatic carbocycles. The quantitative estimate of drug-likeness (QED) is 0.783. The lowest BCUT2D eigenvalue weighted by atomic mass is 10.3. The van der Waals surface area contributed by atoms with Gasteiger partial charge in [0.05, 0.1) is 5.69 Å². The molecule has 0 aromatic heterocycles. The summed E-state index contributed by atoms with van der Waals surface area (Å²) in [6.07, 6.45) is 0. The average Bonchev–Trinajstić information content (AvgIpc) is 2.17. The summed E-state index contributed by atoms with van der Waals surface area (Å²) in [5.74, 6) is 0. The molecular formula is C9H10N2O3S. The maximum absolute atomic E-state index is 11.9. The Kier molecular flexibility index (Phi) is 2.15. The SMILES string of the molecule is CCN1C(=O)Nc2ccccc2S1(=O)=O. The summed E-state index contributed by atoms with van der Waals surface area (Å²) in [6, 6.07) is 5.75. The van der Waals surface area contributed by atoms with Crippen molar-refractivity contribution in [2.24, 2.45) is 0 Å². The van der Waals surface area contributed by atoms with Gasteiger partial charge in [-0.1, -0.05) is 12.1 Å². The number of carbonyl (C=O) groups is 1. The first-order valence-corrected chi connectivity index (χ1v) is 5.94. The van der Waals surface area contributed by atoms with Gasteiger partial charge < -0.3 is 5.32 Å². The van der Waals surface area contributed by atoms with Crippen molar-refractivity contribution in [1.29, 1.82) is 0 Å². The molecule has 0 atom stereocenters. The second kappa shape index (κ2) is 3.23. The number of nitrogens with one attached hydrogen (secondary N) is 1. The molecule has 0 bridgehead atoms. The molecule has 15 heavy (non-hydrogen) atoms. The third-order valence-corrected chi connectivity index (χ3v) is 4.13. The average molecular weight is 226 g/mol. The molecule has 1 aliphatic rings. The van der Waals surface area contributed by atoms with Gasteiger partial charge in [-0.2, -0.15) is 0 Å². The van der Waals surface area contributed by atoms with E-state index in [0.29, 0.717) is 5.69 Å². The van der Waals surface area contributed by atoms with E-state index < -0.39 is 16.1 Å². The van der Waals surface area contributed by atoms with Gasteiger partial charge >= 0.3 is 6.03 Å². The van der Waals surface area contributed by atoms with Crippen molar-refractivity contribution in [3.05, 3.63) is 24.3 Å². The van der Waals surface area contributed by atoms with Crippen LogP contribution >= 0.6 is 0 Å². The molecule has 1 heterocycles. The third kappa shape index (κ3) is 1.37. The van der Waals surface area contributed by atoms with E-state index in [4.69, 9.17) is 0 Å². The smallest absolute Gasteiger partial charge is 0.306 e. The molecule has 0 saturated heterocycles. The van der Waals surface area contributed by atoms with Crippen LogP contribution in [0.1, 0.15) is 6.92 Å². The van der Waals surface area contributed by atoms with Crippen molar-refractivity contribution >= 4 is 21.7 Å². The molecule has 1 N–H and O–H groups in total. The van der Waals surface area contributed by atoms with E-state index in [9.17, 15) is 13.2 Å². The predicted octanol–water partition coefficient (Wildman–Crippen LogP) is 1.24. The fourth-order valence-corrected chi connectivity index (χ4v) is 3.00. The number of sulfonamides is 1. The topological polar surface area (TPSA) is 66.5 Å². The summed E-state index contributed by atoms with van der Waals surface area (Å²) in [4.78, 5) is 11.6. The normalized spacial score (nSPS) is 18.2. The highest BCUT2D eigenvalue weighted by Crippen LogP contribution is 2.28. The number of benzene rings is 1. The Morgan fingerprint density at radius 3 is 2.67 bits per heavy atom. The molecule has 2 amide bonds. The van der Waals surface area contributed by atoms with Crippen LogP contribution in [-0.4, -0.2) is 25.3 Å². The van der Waals surface area contributed by atoms with Crippen molar-refractivity contribution in [1.82, 2.24) is 4.31 Å². The van der Waals surface area contributed by atoms with Crippen LogP contribution in [0.2, 0.25) is 0 Å². The van der Waals surface area contributed by atoms with Crippen molar-refractivity contribution in [3.63, 3.8) is 0 Å². The summed E-state index contributed by atoms with van der Waals surface area (Å²) >= 11 is 0. The number of para-hydroxylation sites is 1. The predicted molar refractivity (Wildman–Crippen MR) is 55.0 cm³/mol. The lowest BCUT2D eigenvalue weighted by molar-refractivity contribution is 0.236. The minimum absolute atomic E-state index is 0.127. The highest BCUT2D eigenvalue weighted by atomic mass is 32.2. The third-order valence-electron chi connectivity index (χ3n) is 2.21. The summed E-state index contributed by atoms with van der Waals surface area (Å²) in [6.45, 7) is 1.74. The van der Waals surface area contributed by atoms with Crippen LogP contribution < -0.4 is 5.32 Å². The highest BCUT2D eigenvalue weighted by Gasteiger charge is 2.34. The maximum Gasteiger partial charge on any atom is 0.335 e. The van der Waals surface area contributed by atoms with Crippen molar-refractivity contribution in [2.75, 3.05) is 11.9 Å². The minimum Gasteiger partial charge on any atom is -0.306 e. The van der Waals surface area contributed by atoms with Crippen LogP contribution in [0.4, 0.5) is 10.5 Å². The van der Waals surface area contributed by atoms with Crippen LogP contribution in [0.5, 0.6) is 0 Å². The van der Waals surface area contributed by atoms with Crippen LogP contribution in [0.15, 0.2) is 29.2 Å². The number of rotatable bonds is 1. The molecular weight excluding hydrogens is 216 g/mol. The Bertz CT molecular complexity index is 510. The standard InChI is InChI=1S/C9H10N2O3S/c1-2-11-9(12)10-7-5-3-4-6-8(7)15(11,13)14/h3-6H,2H2,1H3,(H,10,12). The number of nitrogens with zero attached hydrogens (tertiary/aromatic N) is 1. The van der Waals surface area contributed by atoms with Gasteiger partial charge in [-0.3, -0.25) is 0 Å². The molecule has 6 heteroatoms. The molecule has 2 rings (SSSR count). The highest BCUT2D eigenvalue weighted by molar-refractivity contribution is 7.90. The van der Waals surface area contributed by atoms with E-state index in [-0.39, 0.29) is 11.4 Å². The fourth-order valence-electron chi connectivity index (χ4n) is 1.51. The maximum atomic E-state index is 11.9. The Hall–Kier alpha value is -1.56. The van der Waals surface area contributed by atoms with E-state index in [2.05, 4.69) is 5.32 Å². The van der Waals surface area contributed by atoms with Crippen LogP contribution in [-0.2, 0) is 10.0 Å². The molecule has 5 nitrogen and oxygen atoms in total. The Labute approximate surface area is 87.8 Å². The lowest BCUT2D eigenvalue weighted by Crippen LogP contribution is -2.43. The van der Waals surface area contributed by atoms with Gasteiger partial charge in [0.2, 0.25) is 0 Å². The summed E-state index contributed by atoms with van der Waals surface area (Å²) < 4.78 is 24.6. The molecule has 1 aromatic rings. The van der Waals surface area contributed by atoms with Crippen molar-refractivity contribution in [2.45, 2.75) is 11.8 Å². The van der Waals surface area contributed by atoms with Crippen molar-refractivity contribution in [3.8, 4) is 0 Å². The summed E-state index contributed by atoms with van der Waals surface area (Å²) in [7, 11) is -3.66. The van der Waals surface area contributed by atoms with Gasteiger partial charge in [0.15, 0.2) is 0 Å². The van der Waals surface area contributed by atoms with Gasteiger partial charge in [0.1, 0.15) is 4.90 Å². The molecule has 0 radical (unpaired) electrons.